The number of hydrogen-bond donors (Lipinski definition) is 3. The summed E-state index contributed by atoms with van der Waals surface area (Å²) in [6.45, 7) is 1.71. The van der Waals surface area contributed by atoms with Crippen LogP contribution in [-0.2, 0) is 11.2 Å². The third kappa shape index (κ3) is 7.03. The number of rotatable bonds is 9. The van der Waals surface area contributed by atoms with E-state index in [1.54, 1.807) is 31.2 Å². The topological polar surface area (TPSA) is 133 Å². The predicted octanol–water partition coefficient (Wildman–Crippen LogP) is 2.60. The number of allylic oxidation sites excluding steroid dienone is 1. The summed E-state index contributed by atoms with van der Waals surface area (Å²) in [5, 5.41) is 35.2. The van der Waals surface area contributed by atoms with Crippen LogP contribution in [0.25, 0.3) is 11.8 Å². The number of nitrogens with zero attached hydrogens (tertiary/aromatic N) is 4. The molecule has 0 radical (unpaired) electrons. The Morgan fingerprint density at radius 3 is 2.73 bits per heavy atom. The van der Waals surface area contributed by atoms with Crippen molar-refractivity contribution in [1.82, 2.24) is 20.1 Å². The Kier molecular flexibility index (Phi) is 8.35. The van der Waals surface area contributed by atoms with Gasteiger partial charge < -0.3 is 20.1 Å². The summed E-state index contributed by atoms with van der Waals surface area (Å²) in [6, 6.07) is 18.8. The molecule has 33 heavy (non-hydrogen) atoms. The van der Waals surface area contributed by atoms with Crippen LogP contribution in [0.3, 0.4) is 0 Å². The zero-order valence-corrected chi connectivity index (χ0v) is 18.1. The molecule has 2 atom stereocenters. The fourth-order valence-corrected chi connectivity index (χ4v) is 3.22. The van der Waals surface area contributed by atoms with Gasteiger partial charge in [0.2, 0.25) is 0 Å². The summed E-state index contributed by atoms with van der Waals surface area (Å²) >= 11 is 0. The van der Waals surface area contributed by atoms with E-state index in [9.17, 15) is 20.1 Å². The third-order valence-electron chi connectivity index (χ3n) is 5.00. The van der Waals surface area contributed by atoms with E-state index in [-0.39, 0.29) is 5.70 Å². The fraction of sp³-hybridized carbons (Fsp3) is 0.217. The first-order valence-electron chi connectivity index (χ1n) is 10.4. The molecule has 0 fully saturated rings. The van der Waals surface area contributed by atoms with E-state index in [0.29, 0.717) is 18.4 Å². The minimum Gasteiger partial charge on any atom is -0.442 e. The van der Waals surface area contributed by atoms with Crippen molar-refractivity contribution in [2.75, 3.05) is 0 Å². The second kappa shape index (κ2) is 11.6. The van der Waals surface area contributed by atoms with Gasteiger partial charge in [-0.2, -0.15) is 10.4 Å². The highest BCUT2D eigenvalue weighted by atomic mass is 16.6. The Labute approximate surface area is 192 Å². The van der Waals surface area contributed by atoms with Crippen molar-refractivity contribution >= 4 is 25.0 Å². The average Bonchev–Trinajstić information content (AvgIpc) is 3.35. The summed E-state index contributed by atoms with van der Waals surface area (Å²) in [5.41, 5.74) is 2.75. The van der Waals surface area contributed by atoms with Gasteiger partial charge in [-0.15, -0.1) is 0 Å². The van der Waals surface area contributed by atoms with Crippen LogP contribution in [0.5, 0.6) is 0 Å². The van der Waals surface area contributed by atoms with E-state index < -0.39 is 25.3 Å². The van der Waals surface area contributed by atoms with Crippen LogP contribution in [0.1, 0.15) is 36.1 Å². The Morgan fingerprint density at radius 1 is 1.27 bits per heavy atom. The van der Waals surface area contributed by atoms with E-state index >= 15 is 0 Å². The van der Waals surface area contributed by atoms with Gasteiger partial charge in [-0.1, -0.05) is 48.5 Å². The minimum atomic E-state index is -1.72. The molecule has 0 saturated carbocycles. The van der Waals surface area contributed by atoms with Crippen molar-refractivity contribution in [3.63, 3.8) is 0 Å². The second-order valence-corrected chi connectivity index (χ2v) is 7.39. The Balaban J connectivity index is 1.61. The standard InChI is InChI=1S/C23H24BN5O4/c1-17(20-9-5-8-19(12-20)13-21(14-25)29-16-26-15-27-29)33-23(30)28-22(24(31)32)11-10-18-6-3-2-4-7-18/h2-9,12-13,15-17,22,31-32H,10-11H2,1H3,(H,28,30). The molecule has 2 unspecified atom stereocenters. The van der Waals surface area contributed by atoms with Crippen molar-refractivity contribution in [1.29, 1.82) is 5.26 Å². The van der Waals surface area contributed by atoms with Crippen LogP contribution in [-0.4, -0.2) is 44.0 Å². The first kappa shape index (κ1) is 23.7. The highest BCUT2D eigenvalue weighted by Gasteiger charge is 2.26. The Hall–Kier alpha value is -3.94. The molecule has 3 rings (SSSR count). The molecule has 2 aromatic carbocycles. The van der Waals surface area contributed by atoms with E-state index in [2.05, 4.69) is 21.5 Å². The van der Waals surface area contributed by atoms with Crippen molar-refractivity contribution in [3.8, 4) is 6.07 Å². The van der Waals surface area contributed by atoms with Gasteiger partial charge in [0.15, 0.2) is 0 Å². The molecule has 0 aliphatic rings. The lowest BCUT2D eigenvalue weighted by atomic mass is 9.76. The molecule has 0 bridgehead atoms. The largest absolute Gasteiger partial charge is 0.475 e. The van der Waals surface area contributed by atoms with Gasteiger partial charge in [0.25, 0.3) is 0 Å². The van der Waals surface area contributed by atoms with Gasteiger partial charge in [0.1, 0.15) is 30.5 Å². The molecule has 0 saturated heterocycles. The van der Waals surface area contributed by atoms with Crippen molar-refractivity contribution in [2.45, 2.75) is 31.8 Å². The summed E-state index contributed by atoms with van der Waals surface area (Å²) in [5.74, 6) is -0.875. The monoisotopic (exact) mass is 445 g/mol. The summed E-state index contributed by atoms with van der Waals surface area (Å²) < 4.78 is 6.80. The number of nitriles is 1. The second-order valence-electron chi connectivity index (χ2n) is 7.39. The number of benzene rings is 2. The number of aromatic nitrogens is 3. The maximum atomic E-state index is 12.4. The number of carbonyl (C=O) groups is 1. The van der Waals surface area contributed by atoms with Gasteiger partial charge in [-0.25, -0.2) is 14.5 Å². The highest BCUT2D eigenvalue weighted by Crippen LogP contribution is 2.20. The van der Waals surface area contributed by atoms with Crippen LogP contribution in [0.15, 0.2) is 67.3 Å². The lowest BCUT2D eigenvalue weighted by molar-refractivity contribution is 0.104. The molecular weight excluding hydrogens is 421 g/mol. The zero-order chi connectivity index (χ0) is 23.6. The highest BCUT2D eigenvalue weighted by molar-refractivity contribution is 6.43. The smallest absolute Gasteiger partial charge is 0.442 e. The number of alkyl carbamates (subject to hydrolysis) is 1. The quantitative estimate of drug-likeness (QED) is 0.341. The molecule has 168 valence electrons. The number of amides is 1. The van der Waals surface area contributed by atoms with Crippen LogP contribution in [0.4, 0.5) is 4.79 Å². The van der Waals surface area contributed by atoms with E-state index in [0.717, 1.165) is 11.1 Å². The molecule has 0 aliphatic carbocycles. The van der Waals surface area contributed by atoms with Crippen LogP contribution >= 0.6 is 0 Å². The van der Waals surface area contributed by atoms with Crippen LogP contribution in [0.2, 0.25) is 0 Å². The molecule has 1 amide bonds. The molecule has 3 aromatic rings. The third-order valence-corrected chi connectivity index (χ3v) is 5.00. The molecule has 1 aromatic heterocycles. The van der Waals surface area contributed by atoms with E-state index in [4.69, 9.17) is 4.74 Å². The predicted molar refractivity (Wildman–Crippen MR) is 123 cm³/mol. The molecule has 0 aliphatic heterocycles. The Morgan fingerprint density at radius 2 is 2.06 bits per heavy atom. The van der Waals surface area contributed by atoms with Gasteiger partial charge in [-0.3, -0.25) is 0 Å². The summed E-state index contributed by atoms with van der Waals surface area (Å²) in [4.78, 5) is 16.2. The summed E-state index contributed by atoms with van der Waals surface area (Å²) in [6.07, 6.45) is 3.96. The number of aryl methyl sites for hydroxylation is 1. The molecule has 1 heterocycles. The first-order chi connectivity index (χ1) is 16.0. The van der Waals surface area contributed by atoms with Crippen molar-refractivity contribution in [2.24, 2.45) is 0 Å². The van der Waals surface area contributed by atoms with Crippen LogP contribution < -0.4 is 5.32 Å². The van der Waals surface area contributed by atoms with Gasteiger partial charge in [0.05, 0.1) is 5.94 Å². The molecule has 3 N–H and O–H groups in total. The van der Waals surface area contributed by atoms with Crippen molar-refractivity contribution in [3.05, 3.63) is 83.9 Å². The SMILES string of the molecule is CC(OC(=O)NC(CCc1ccccc1)B(O)O)c1cccc(C=C(C#N)n2cncn2)c1. The number of hydrogen-bond acceptors (Lipinski definition) is 7. The summed E-state index contributed by atoms with van der Waals surface area (Å²) in [7, 11) is -1.72. The fourth-order valence-electron chi connectivity index (χ4n) is 3.22. The van der Waals surface area contributed by atoms with E-state index in [1.165, 1.54) is 17.3 Å². The Bertz CT molecular complexity index is 1110. The zero-order valence-electron chi connectivity index (χ0n) is 18.1. The molecule has 9 nitrogen and oxygen atoms in total. The van der Waals surface area contributed by atoms with Gasteiger partial charge in [0, 0.05) is 0 Å². The van der Waals surface area contributed by atoms with Crippen LogP contribution in [0, 0.1) is 11.3 Å². The average molecular weight is 445 g/mol. The maximum Gasteiger partial charge on any atom is 0.475 e. The van der Waals surface area contributed by atoms with Crippen molar-refractivity contribution < 1.29 is 19.6 Å². The van der Waals surface area contributed by atoms with Gasteiger partial charge in [-0.05, 0) is 48.6 Å². The lowest BCUT2D eigenvalue weighted by Gasteiger charge is -2.20. The molecule has 0 spiro atoms. The minimum absolute atomic E-state index is 0.286. The number of ether oxygens (including phenoxy) is 1. The van der Waals surface area contributed by atoms with Gasteiger partial charge >= 0.3 is 13.2 Å². The molecule has 10 heteroatoms. The normalized spacial score (nSPS) is 13.0. The number of carbonyl (C=O) groups excluding carboxylic acids is 1. The number of nitrogens with one attached hydrogen (secondary N) is 1. The van der Waals surface area contributed by atoms with E-state index in [1.807, 2.05) is 36.4 Å². The lowest BCUT2D eigenvalue weighted by Crippen LogP contribution is -2.47. The first-order valence-corrected chi connectivity index (χ1v) is 10.4. The molecular formula is C23H24BN5O4. The maximum absolute atomic E-state index is 12.4.